The maximum Gasteiger partial charge on any atom is 0.268 e. The van der Waals surface area contributed by atoms with Crippen LogP contribution < -0.4 is 16.5 Å². The number of allylic oxidation sites excluding steroid dienone is 5. The van der Waals surface area contributed by atoms with Crippen molar-refractivity contribution in [2.24, 2.45) is 5.73 Å². The summed E-state index contributed by atoms with van der Waals surface area (Å²) in [4.78, 5) is 24.1. The van der Waals surface area contributed by atoms with Gasteiger partial charge in [-0.15, -0.1) is 0 Å². The molecule has 0 saturated carbocycles. The molecule has 1 aromatic carbocycles. The average molecular weight is 417 g/mol. The molecule has 0 aliphatic heterocycles. The third-order valence-corrected chi connectivity index (χ3v) is 4.05. The van der Waals surface area contributed by atoms with Crippen LogP contribution in [0.25, 0.3) is 0 Å². The Morgan fingerprint density at radius 2 is 1.83 bits per heavy atom. The maximum absolute atomic E-state index is 13.2. The van der Waals surface area contributed by atoms with Gasteiger partial charge < -0.3 is 11.1 Å². The van der Waals surface area contributed by atoms with Gasteiger partial charge in [0.2, 0.25) is 0 Å². The lowest BCUT2D eigenvalue weighted by atomic mass is 9.92. The lowest BCUT2D eigenvalue weighted by Gasteiger charge is -2.32. The molecule has 30 heavy (non-hydrogen) atoms. The fraction of sp³-hybridized carbons (Fsp3) is 0.273. The monoisotopic (exact) mass is 417 g/mol. The number of carbonyl (C=O) groups is 2. The first-order valence-corrected chi connectivity index (χ1v) is 8.94. The van der Waals surface area contributed by atoms with Crippen molar-refractivity contribution in [2.75, 3.05) is 0 Å². The topological polar surface area (TPSA) is 104 Å². The van der Waals surface area contributed by atoms with Crippen LogP contribution in [0.3, 0.4) is 0 Å². The average Bonchev–Trinajstić information content (AvgIpc) is 2.71. The van der Waals surface area contributed by atoms with Gasteiger partial charge in [-0.05, 0) is 51.1 Å². The molecule has 0 spiro atoms. The van der Waals surface area contributed by atoms with E-state index in [4.69, 9.17) is 10.9 Å². The number of halogens is 2. The van der Waals surface area contributed by atoms with Crippen LogP contribution in [0.2, 0.25) is 0 Å². The van der Waals surface area contributed by atoms with E-state index in [0.717, 1.165) is 12.5 Å². The molecule has 0 heterocycles. The highest BCUT2D eigenvalue weighted by atomic mass is 19.3. The highest BCUT2D eigenvalue weighted by Gasteiger charge is 2.44. The second kappa shape index (κ2) is 11.0. The van der Waals surface area contributed by atoms with Gasteiger partial charge in [-0.25, -0.2) is 14.3 Å². The zero-order valence-corrected chi connectivity index (χ0v) is 17.0. The smallest absolute Gasteiger partial charge is 0.268 e. The number of nitrogens with one attached hydrogen (secondary N) is 2. The Balaban J connectivity index is 3.02. The van der Waals surface area contributed by atoms with E-state index in [1.54, 1.807) is 18.2 Å². The summed E-state index contributed by atoms with van der Waals surface area (Å²) < 4.78 is 26.4. The second-order valence-corrected chi connectivity index (χ2v) is 6.95. The highest BCUT2D eigenvalue weighted by Crippen LogP contribution is 2.18. The molecule has 0 aromatic heterocycles. The summed E-state index contributed by atoms with van der Waals surface area (Å²) in [5, 5.41) is 10.9. The minimum atomic E-state index is -3.13. The molecule has 2 atom stereocenters. The van der Waals surface area contributed by atoms with Crippen molar-refractivity contribution in [3.63, 3.8) is 0 Å². The lowest BCUT2D eigenvalue weighted by molar-refractivity contribution is -0.134. The fourth-order valence-corrected chi connectivity index (χ4v) is 2.17. The number of rotatable bonds is 7. The summed E-state index contributed by atoms with van der Waals surface area (Å²) >= 11 is 0. The van der Waals surface area contributed by atoms with E-state index in [1.807, 2.05) is 26.0 Å². The SMILES string of the molecule is C=CC(C#Cc1ccc(C(=O)NC(C(=O)NO)C(C)(N)C(F)F)cc1)=CC=C(C)C. The van der Waals surface area contributed by atoms with Crippen LogP contribution in [0.5, 0.6) is 0 Å². The van der Waals surface area contributed by atoms with Gasteiger partial charge in [-0.3, -0.25) is 14.8 Å². The van der Waals surface area contributed by atoms with Crippen LogP contribution in [0.1, 0.15) is 36.7 Å². The number of hydroxylamine groups is 1. The molecule has 0 radical (unpaired) electrons. The van der Waals surface area contributed by atoms with Gasteiger partial charge in [0.1, 0.15) is 11.6 Å². The van der Waals surface area contributed by atoms with Crippen LogP contribution >= 0.6 is 0 Å². The van der Waals surface area contributed by atoms with Gasteiger partial charge in [-0.1, -0.05) is 36.1 Å². The number of carbonyl (C=O) groups excluding carboxylic acids is 2. The summed E-state index contributed by atoms with van der Waals surface area (Å²) in [7, 11) is 0. The van der Waals surface area contributed by atoms with E-state index >= 15 is 0 Å². The first-order chi connectivity index (χ1) is 14.0. The van der Waals surface area contributed by atoms with E-state index in [1.165, 1.54) is 17.6 Å². The molecule has 5 N–H and O–H groups in total. The zero-order chi connectivity index (χ0) is 22.9. The Labute approximate surface area is 174 Å². The number of nitrogens with two attached hydrogens (primary N) is 1. The molecule has 0 aliphatic rings. The van der Waals surface area contributed by atoms with Crippen molar-refractivity contribution in [3.8, 4) is 11.8 Å². The Morgan fingerprint density at radius 1 is 1.23 bits per heavy atom. The summed E-state index contributed by atoms with van der Waals surface area (Å²) in [6.45, 7) is 8.51. The number of hydrogen-bond acceptors (Lipinski definition) is 4. The predicted molar refractivity (Wildman–Crippen MR) is 111 cm³/mol. The molecule has 2 unspecified atom stereocenters. The van der Waals surface area contributed by atoms with Crippen molar-refractivity contribution in [2.45, 2.75) is 38.8 Å². The Kier molecular flexibility index (Phi) is 9.12. The van der Waals surface area contributed by atoms with Crippen LogP contribution in [-0.2, 0) is 4.79 Å². The minimum absolute atomic E-state index is 0.102. The first kappa shape index (κ1) is 24.8. The molecule has 160 valence electrons. The molecule has 0 fully saturated rings. The standard InChI is InChI=1S/C22H25F2N3O3/c1-5-15(7-6-14(2)3)8-9-16-10-12-17(13-11-16)19(28)26-18(20(29)27-30)22(4,25)21(23)24/h5-7,10-13,18,21,30H,1,25H2,2-4H3,(H,26,28)(H,27,29). The summed E-state index contributed by atoms with van der Waals surface area (Å²) in [5.41, 5.74) is 6.86. The summed E-state index contributed by atoms with van der Waals surface area (Å²) in [6.07, 6.45) is 2.23. The largest absolute Gasteiger partial charge is 0.338 e. The quantitative estimate of drug-likeness (QED) is 0.237. The molecular formula is C22H25F2N3O3. The maximum atomic E-state index is 13.2. The van der Waals surface area contributed by atoms with Crippen molar-refractivity contribution in [1.82, 2.24) is 10.8 Å². The van der Waals surface area contributed by atoms with Gasteiger partial charge in [0.15, 0.2) is 0 Å². The van der Waals surface area contributed by atoms with Gasteiger partial charge in [0, 0.05) is 16.7 Å². The van der Waals surface area contributed by atoms with E-state index in [0.29, 0.717) is 11.1 Å². The third-order valence-electron chi connectivity index (χ3n) is 4.05. The van der Waals surface area contributed by atoms with Crippen LogP contribution in [0.15, 0.2) is 60.2 Å². The Bertz CT molecular complexity index is 904. The zero-order valence-electron chi connectivity index (χ0n) is 17.0. The van der Waals surface area contributed by atoms with Gasteiger partial charge in [-0.2, -0.15) is 0 Å². The van der Waals surface area contributed by atoms with Crippen LogP contribution in [0, 0.1) is 11.8 Å². The van der Waals surface area contributed by atoms with Gasteiger partial charge in [0.05, 0.1) is 0 Å². The summed E-state index contributed by atoms with van der Waals surface area (Å²) in [5.74, 6) is 3.81. The van der Waals surface area contributed by atoms with Gasteiger partial charge in [0.25, 0.3) is 18.2 Å². The normalized spacial score (nSPS) is 13.9. The summed E-state index contributed by atoms with van der Waals surface area (Å²) in [6, 6.07) is 4.14. The molecule has 8 heteroatoms. The van der Waals surface area contributed by atoms with E-state index in [-0.39, 0.29) is 5.56 Å². The van der Waals surface area contributed by atoms with Crippen molar-refractivity contribution >= 4 is 11.8 Å². The highest BCUT2D eigenvalue weighted by molar-refractivity contribution is 5.98. The van der Waals surface area contributed by atoms with Crippen molar-refractivity contribution < 1.29 is 23.6 Å². The minimum Gasteiger partial charge on any atom is -0.338 e. The number of alkyl halides is 2. The number of hydrogen-bond donors (Lipinski definition) is 4. The predicted octanol–water partition coefficient (Wildman–Crippen LogP) is 2.70. The number of amides is 2. The number of benzene rings is 1. The van der Waals surface area contributed by atoms with Crippen molar-refractivity contribution in [1.29, 1.82) is 0 Å². The van der Waals surface area contributed by atoms with Crippen LogP contribution in [0.4, 0.5) is 8.78 Å². The molecular weight excluding hydrogens is 392 g/mol. The van der Waals surface area contributed by atoms with E-state index in [9.17, 15) is 18.4 Å². The van der Waals surface area contributed by atoms with Gasteiger partial charge >= 0.3 is 0 Å². The van der Waals surface area contributed by atoms with Crippen molar-refractivity contribution in [3.05, 3.63) is 71.3 Å². The molecule has 0 saturated heterocycles. The second-order valence-electron chi connectivity index (χ2n) is 6.95. The molecule has 0 bridgehead atoms. The fourth-order valence-electron chi connectivity index (χ4n) is 2.17. The third kappa shape index (κ3) is 6.95. The molecule has 2 amide bonds. The Hall–Kier alpha value is -3.28. The lowest BCUT2D eigenvalue weighted by Crippen LogP contribution is -2.66. The van der Waals surface area contributed by atoms with Crippen LogP contribution in [-0.4, -0.2) is 35.0 Å². The first-order valence-electron chi connectivity index (χ1n) is 8.94. The van der Waals surface area contributed by atoms with E-state index in [2.05, 4.69) is 23.7 Å². The molecule has 0 aliphatic carbocycles. The molecule has 1 rings (SSSR count). The molecule has 1 aromatic rings. The van der Waals surface area contributed by atoms with E-state index < -0.39 is 29.8 Å². The molecule has 6 nitrogen and oxygen atoms in total. The Morgan fingerprint density at radius 3 is 2.30 bits per heavy atom.